The van der Waals surface area contributed by atoms with E-state index in [-0.39, 0.29) is 5.82 Å². The van der Waals surface area contributed by atoms with Gasteiger partial charge >= 0.3 is 0 Å². The molecule has 0 amide bonds. The summed E-state index contributed by atoms with van der Waals surface area (Å²) in [5.74, 6) is -0.174. The van der Waals surface area contributed by atoms with E-state index >= 15 is 0 Å². The number of nitrogens with one attached hydrogen (secondary N) is 1. The van der Waals surface area contributed by atoms with Crippen LogP contribution in [0.15, 0.2) is 54.7 Å². The third-order valence-corrected chi connectivity index (χ3v) is 3.32. The zero-order valence-electron chi connectivity index (χ0n) is 11.2. The Morgan fingerprint density at radius 1 is 1.10 bits per heavy atom. The normalized spacial score (nSPS) is 10.7. The van der Waals surface area contributed by atoms with Crippen molar-refractivity contribution in [1.29, 1.82) is 0 Å². The van der Waals surface area contributed by atoms with Gasteiger partial charge in [0.05, 0.1) is 5.52 Å². The number of rotatable bonds is 3. The van der Waals surface area contributed by atoms with Crippen LogP contribution in [0, 0.1) is 12.7 Å². The van der Waals surface area contributed by atoms with E-state index in [4.69, 9.17) is 0 Å². The lowest BCUT2D eigenvalue weighted by Gasteiger charge is -2.08. The molecule has 2 aromatic carbocycles. The minimum absolute atomic E-state index is 0.174. The summed E-state index contributed by atoms with van der Waals surface area (Å²) in [7, 11) is 0. The quantitative estimate of drug-likeness (QED) is 0.764. The molecule has 0 bridgehead atoms. The molecule has 3 aromatic rings. The number of aryl methyl sites for hydroxylation is 1. The van der Waals surface area contributed by atoms with Gasteiger partial charge < -0.3 is 5.32 Å². The van der Waals surface area contributed by atoms with Crippen LogP contribution in [0.3, 0.4) is 0 Å². The topological polar surface area (TPSA) is 24.9 Å². The van der Waals surface area contributed by atoms with Crippen molar-refractivity contribution < 1.29 is 4.39 Å². The van der Waals surface area contributed by atoms with Gasteiger partial charge in [0.15, 0.2) is 0 Å². The van der Waals surface area contributed by atoms with Gasteiger partial charge in [-0.2, -0.15) is 0 Å². The first-order valence-electron chi connectivity index (χ1n) is 6.56. The van der Waals surface area contributed by atoms with Gasteiger partial charge in [0, 0.05) is 23.8 Å². The van der Waals surface area contributed by atoms with Crippen molar-refractivity contribution in [2.75, 3.05) is 5.32 Å². The van der Waals surface area contributed by atoms with E-state index in [1.807, 2.05) is 24.3 Å². The molecular formula is C17H15FN2. The minimum atomic E-state index is -0.174. The summed E-state index contributed by atoms with van der Waals surface area (Å²) in [5, 5.41) is 4.43. The highest BCUT2D eigenvalue weighted by molar-refractivity contribution is 5.78. The summed E-state index contributed by atoms with van der Waals surface area (Å²) in [6.45, 7) is 2.47. The number of pyridine rings is 1. The smallest absolute Gasteiger partial charge is 0.126 e. The Bertz CT molecular complexity index is 753. The molecule has 0 radical (unpaired) electrons. The molecule has 3 heteroatoms. The predicted molar refractivity (Wildman–Crippen MR) is 80.2 cm³/mol. The number of anilines is 1. The SMILES string of the molecule is Cc1cc(NCc2ccc3ncccc3c2)ccc1F. The van der Waals surface area contributed by atoms with Crippen LogP contribution in [0.5, 0.6) is 0 Å². The molecule has 100 valence electrons. The number of fused-ring (bicyclic) bond motifs is 1. The second kappa shape index (κ2) is 5.29. The summed E-state index contributed by atoms with van der Waals surface area (Å²) in [5.41, 5.74) is 3.74. The van der Waals surface area contributed by atoms with E-state index in [0.717, 1.165) is 16.6 Å². The van der Waals surface area contributed by atoms with Gasteiger partial charge in [0.2, 0.25) is 0 Å². The Balaban J connectivity index is 1.77. The molecule has 0 unspecified atom stereocenters. The first-order chi connectivity index (χ1) is 9.72. The molecule has 20 heavy (non-hydrogen) atoms. The molecule has 0 saturated carbocycles. The molecule has 0 atom stereocenters. The molecule has 0 spiro atoms. The molecule has 0 fully saturated rings. The van der Waals surface area contributed by atoms with Gasteiger partial charge in [-0.3, -0.25) is 4.98 Å². The zero-order chi connectivity index (χ0) is 13.9. The molecule has 0 aliphatic heterocycles. The van der Waals surface area contributed by atoms with Crippen LogP contribution in [-0.4, -0.2) is 4.98 Å². The van der Waals surface area contributed by atoms with Gasteiger partial charge in [-0.25, -0.2) is 4.39 Å². The van der Waals surface area contributed by atoms with Crippen LogP contribution < -0.4 is 5.32 Å². The Morgan fingerprint density at radius 2 is 2.00 bits per heavy atom. The molecule has 0 aliphatic carbocycles. The van der Waals surface area contributed by atoms with Crippen molar-refractivity contribution in [3.05, 3.63) is 71.7 Å². The van der Waals surface area contributed by atoms with Crippen LogP contribution in [0.4, 0.5) is 10.1 Å². The van der Waals surface area contributed by atoms with Crippen LogP contribution >= 0.6 is 0 Å². The molecule has 0 saturated heterocycles. The van der Waals surface area contributed by atoms with Crippen LogP contribution in [-0.2, 0) is 6.54 Å². The lowest BCUT2D eigenvalue weighted by molar-refractivity contribution is 0.618. The van der Waals surface area contributed by atoms with Gasteiger partial charge in [0.1, 0.15) is 5.82 Å². The standard InChI is InChI=1S/C17H15FN2/c1-12-9-15(5-6-16(12)18)20-11-13-4-7-17-14(10-13)3-2-8-19-17/h2-10,20H,11H2,1H3. The number of aromatic nitrogens is 1. The lowest BCUT2D eigenvalue weighted by atomic mass is 10.1. The number of halogens is 1. The number of nitrogens with zero attached hydrogens (tertiary/aromatic N) is 1. The van der Waals surface area contributed by atoms with Crippen molar-refractivity contribution in [1.82, 2.24) is 4.98 Å². The van der Waals surface area contributed by atoms with Crippen molar-refractivity contribution in [3.8, 4) is 0 Å². The summed E-state index contributed by atoms with van der Waals surface area (Å²) in [6.07, 6.45) is 1.79. The maximum absolute atomic E-state index is 13.2. The highest BCUT2D eigenvalue weighted by Gasteiger charge is 2.00. The van der Waals surface area contributed by atoms with E-state index in [1.54, 1.807) is 19.2 Å². The predicted octanol–water partition coefficient (Wildman–Crippen LogP) is 4.29. The Morgan fingerprint density at radius 3 is 2.85 bits per heavy atom. The largest absolute Gasteiger partial charge is 0.381 e. The molecule has 3 rings (SSSR count). The zero-order valence-corrected chi connectivity index (χ0v) is 11.2. The lowest BCUT2D eigenvalue weighted by Crippen LogP contribution is -2.00. The van der Waals surface area contributed by atoms with E-state index in [1.165, 1.54) is 11.6 Å². The van der Waals surface area contributed by atoms with Gasteiger partial charge in [-0.05, 0) is 54.4 Å². The van der Waals surface area contributed by atoms with Crippen molar-refractivity contribution in [3.63, 3.8) is 0 Å². The van der Waals surface area contributed by atoms with Crippen LogP contribution in [0.25, 0.3) is 10.9 Å². The first-order valence-corrected chi connectivity index (χ1v) is 6.56. The first kappa shape index (κ1) is 12.6. The van der Waals surface area contributed by atoms with E-state index in [2.05, 4.69) is 22.4 Å². The summed E-state index contributed by atoms with van der Waals surface area (Å²) >= 11 is 0. The number of hydrogen-bond acceptors (Lipinski definition) is 2. The maximum atomic E-state index is 13.2. The van der Waals surface area contributed by atoms with Crippen LogP contribution in [0.2, 0.25) is 0 Å². The van der Waals surface area contributed by atoms with E-state index < -0.39 is 0 Å². The maximum Gasteiger partial charge on any atom is 0.126 e. The van der Waals surface area contributed by atoms with Crippen molar-refractivity contribution in [2.45, 2.75) is 13.5 Å². The second-order valence-electron chi connectivity index (χ2n) is 4.85. The van der Waals surface area contributed by atoms with Crippen molar-refractivity contribution in [2.24, 2.45) is 0 Å². The third kappa shape index (κ3) is 2.62. The molecule has 1 aromatic heterocycles. The minimum Gasteiger partial charge on any atom is -0.381 e. The molecule has 1 N–H and O–H groups in total. The van der Waals surface area contributed by atoms with E-state index in [0.29, 0.717) is 12.1 Å². The fourth-order valence-corrected chi connectivity index (χ4v) is 2.19. The van der Waals surface area contributed by atoms with Gasteiger partial charge in [-0.1, -0.05) is 12.1 Å². The highest BCUT2D eigenvalue weighted by Crippen LogP contribution is 2.17. The second-order valence-corrected chi connectivity index (χ2v) is 4.85. The fraction of sp³-hybridized carbons (Fsp3) is 0.118. The third-order valence-electron chi connectivity index (χ3n) is 3.32. The average molecular weight is 266 g/mol. The summed E-state index contributed by atoms with van der Waals surface area (Å²) in [6, 6.07) is 15.2. The summed E-state index contributed by atoms with van der Waals surface area (Å²) in [4.78, 5) is 4.30. The molecular weight excluding hydrogens is 251 g/mol. The molecule has 0 aliphatic rings. The van der Waals surface area contributed by atoms with E-state index in [9.17, 15) is 4.39 Å². The molecule has 1 heterocycles. The summed E-state index contributed by atoms with van der Waals surface area (Å²) < 4.78 is 13.2. The van der Waals surface area contributed by atoms with Gasteiger partial charge in [0.25, 0.3) is 0 Å². The number of benzene rings is 2. The van der Waals surface area contributed by atoms with Gasteiger partial charge in [-0.15, -0.1) is 0 Å². The average Bonchev–Trinajstić information content (AvgIpc) is 2.48. The fourth-order valence-electron chi connectivity index (χ4n) is 2.19. The highest BCUT2D eigenvalue weighted by atomic mass is 19.1. The Labute approximate surface area is 117 Å². The van der Waals surface area contributed by atoms with Crippen LogP contribution in [0.1, 0.15) is 11.1 Å². The number of hydrogen-bond donors (Lipinski definition) is 1. The van der Waals surface area contributed by atoms with Crippen molar-refractivity contribution >= 4 is 16.6 Å². The Kier molecular flexibility index (Phi) is 3.33. The Hall–Kier alpha value is -2.42. The monoisotopic (exact) mass is 266 g/mol. The molecule has 2 nitrogen and oxygen atoms in total.